The molecule has 2 aromatic carbocycles. The fourth-order valence-electron chi connectivity index (χ4n) is 2.44. The van der Waals surface area contributed by atoms with E-state index < -0.39 is 11.8 Å². The van der Waals surface area contributed by atoms with Gasteiger partial charge in [0.1, 0.15) is 6.42 Å². The Morgan fingerprint density at radius 3 is 2.11 bits per heavy atom. The lowest BCUT2D eigenvalue weighted by Gasteiger charge is -2.14. The zero-order chi connectivity index (χ0) is 20.0. The normalized spacial score (nSPS) is 10.1. The van der Waals surface area contributed by atoms with Gasteiger partial charge in [-0.05, 0) is 24.6 Å². The van der Waals surface area contributed by atoms with Gasteiger partial charge in [0.05, 0.1) is 21.3 Å². The van der Waals surface area contributed by atoms with Crippen LogP contribution in [-0.2, 0) is 9.59 Å². The Morgan fingerprint density at radius 1 is 0.963 bits per heavy atom. The molecule has 144 valence electrons. The Morgan fingerprint density at radius 2 is 1.56 bits per heavy atom. The van der Waals surface area contributed by atoms with E-state index >= 15 is 0 Å². The van der Waals surface area contributed by atoms with Crippen LogP contribution >= 0.6 is 11.6 Å². The highest BCUT2D eigenvalue weighted by Gasteiger charge is 2.16. The molecule has 0 aromatic heterocycles. The van der Waals surface area contributed by atoms with Crippen molar-refractivity contribution in [3.8, 4) is 17.2 Å². The predicted molar refractivity (Wildman–Crippen MR) is 104 cm³/mol. The Labute approximate surface area is 162 Å². The van der Waals surface area contributed by atoms with Crippen molar-refractivity contribution in [1.29, 1.82) is 0 Å². The molecular formula is C19H21ClN2O5. The maximum Gasteiger partial charge on any atom is 0.233 e. The van der Waals surface area contributed by atoms with Gasteiger partial charge in [0.15, 0.2) is 11.5 Å². The van der Waals surface area contributed by atoms with E-state index in [2.05, 4.69) is 10.6 Å². The van der Waals surface area contributed by atoms with Crippen LogP contribution in [0.25, 0.3) is 0 Å². The fourth-order valence-corrected chi connectivity index (χ4v) is 2.62. The Hall–Kier alpha value is -2.93. The van der Waals surface area contributed by atoms with Crippen LogP contribution in [0.1, 0.15) is 12.0 Å². The third-order valence-corrected chi connectivity index (χ3v) is 4.22. The minimum Gasteiger partial charge on any atom is -0.493 e. The maximum atomic E-state index is 12.2. The first-order valence-corrected chi connectivity index (χ1v) is 8.42. The molecule has 2 aromatic rings. The zero-order valence-corrected chi connectivity index (χ0v) is 16.3. The standard InChI is InChI=1S/C19H21ClN2O5/c1-11-13(20)6-5-7-14(11)22-18(24)10-17(23)21-12-8-15(25-2)19(27-4)16(9-12)26-3/h5-9H,10H2,1-4H3,(H,21,23)(H,22,24). The summed E-state index contributed by atoms with van der Waals surface area (Å²) in [6.45, 7) is 1.79. The summed E-state index contributed by atoms with van der Waals surface area (Å²) in [7, 11) is 4.44. The molecular weight excluding hydrogens is 372 g/mol. The van der Waals surface area contributed by atoms with Crippen molar-refractivity contribution in [3.63, 3.8) is 0 Å². The molecule has 0 aliphatic rings. The smallest absolute Gasteiger partial charge is 0.233 e. The van der Waals surface area contributed by atoms with Crippen LogP contribution in [0.2, 0.25) is 5.02 Å². The molecule has 0 unspecified atom stereocenters. The van der Waals surface area contributed by atoms with Crippen LogP contribution in [-0.4, -0.2) is 33.1 Å². The van der Waals surface area contributed by atoms with E-state index in [1.807, 2.05) is 0 Å². The summed E-state index contributed by atoms with van der Waals surface area (Å²) in [5, 5.41) is 5.86. The molecule has 0 atom stereocenters. The van der Waals surface area contributed by atoms with Crippen molar-refractivity contribution in [1.82, 2.24) is 0 Å². The Balaban J connectivity index is 2.07. The van der Waals surface area contributed by atoms with Crippen LogP contribution in [0.5, 0.6) is 17.2 Å². The lowest BCUT2D eigenvalue weighted by Crippen LogP contribution is -2.21. The number of amides is 2. The number of carbonyl (C=O) groups excluding carboxylic acids is 2. The van der Waals surface area contributed by atoms with Gasteiger partial charge in [-0.3, -0.25) is 9.59 Å². The number of rotatable bonds is 7. The SMILES string of the molecule is COc1cc(NC(=O)CC(=O)Nc2cccc(Cl)c2C)cc(OC)c1OC. The highest BCUT2D eigenvalue weighted by atomic mass is 35.5. The molecule has 0 bridgehead atoms. The molecule has 0 aliphatic carbocycles. The van der Waals surface area contributed by atoms with Crippen molar-refractivity contribution < 1.29 is 23.8 Å². The van der Waals surface area contributed by atoms with E-state index in [1.54, 1.807) is 37.3 Å². The van der Waals surface area contributed by atoms with Crippen LogP contribution in [0.4, 0.5) is 11.4 Å². The third kappa shape index (κ3) is 5.04. The minimum atomic E-state index is -0.485. The summed E-state index contributed by atoms with van der Waals surface area (Å²) in [5.74, 6) is 0.260. The van der Waals surface area contributed by atoms with Crippen LogP contribution < -0.4 is 24.8 Å². The molecule has 0 saturated carbocycles. The Bertz CT molecular complexity index is 829. The van der Waals surface area contributed by atoms with Crippen LogP contribution in [0.15, 0.2) is 30.3 Å². The van der Waals surface area contributed by atoms with Gasteiger partial charge in [-0.25, -0.2) is 0 Å². The highest BCUT2D eigenvalue weighted by Crippen LogP contribution is 2.39. The molecule has 0 spiro atoms. The number of carbonyl (C=O) groups is 2. The van der Waals surface area contributed by atoms with Gasteiger partial charge in [0.25, 0.3) is 0 Å². The van der Waals surface area contributed by atoms with Gasteiger partial charge in [0.2, 0.25) is 17.6 Å². The second-order valence-corrected chi connectivity index (χ2v) is 6.01. The van der Waals surface area contributed by atoms with E-state index in [1.165, 1.54) is 21.3 Å². The lowest BCUT2D eigenvalue weighted by molar-refractivity contribution is -0.123. The van der Waals surface area contributed by atoms with Crippen LogP contribution in [0.3, 0.4) is 0 Å². The first-order valence-electron chi connectivity index (χ1n) is 8.04. The molecule has 7 nitrogen and oxygen atoms in total. The average molecular weight is 393 g/mol. The topological polar surface area (TPSA) is 85.9 Å². The third-order valence-electron chi connectivity index (χ3n) is 3.81. The van der Waals surface area contributed by atoms with E-state index in [0.29, 0.717) is 33.6 Å². The molecule has 0 radical (unpaired) electrons. The summed E-state index contributed by atoms with van der Waals surface area (Å²) in [6, 6.07) is 8.33. The minimum absolute atomic E-state index is 0.359. The number of methoxy groups -OCH3 is 3. The maximum absolute atomic E-state index is 12.2. The summed E-state index contributed by atoms with van der Waals surface area (Å²) < 4.78 is 15.7. The second-order valence-electron chi connectivity index (χ2n) is 5.60. The van der Waals surface area contributed by atoms with Crippen molar-refractivity contribution >= 4 is 34.8 Å². The zero-order valence-electron chi connectivity index (χ0n) is 15.5. The predicted octanol–water partition coefficient (Wildman–Crippen LogP) is 3.64. The molecule has 8 heteroatoms. The largest absolute Gasteiger partial charge is 0.493 e. The lowest BCUT2D eigenvalue weighted by atomic mass is 10.2. The number of benzene rings is 2. The highest BCUT2D eigenvalue weighted by molar-refractivity contribution is 6.31. The molecule has 2 amide bonds. The van der Waals surface area contributed by atoms with E-state index in [0.717, 1.165) is 5.56 Å². The first-order chi connectivity index (χ1) is 12.9. The number of hydrogen-bond acceptors (Lipinski definition) is 5. The van der Waals surface area contributed by atoms with Crippen molar-refractivity contribution in [2.45, 2.75) is 13.3 Å². The van der Waals surface area contributed by atoms with Crippen LogP contribution in [0, 0.1) is 6.92 Å². The fraction of sp³-hybridized carbons (Fsp3) is 0.263. The monoisotopic (exact) mass is 392 g/mol. The quantitative estimate of drug-likeness (QED) is 0.702. The molecule has 0 heterocycles. The van der Waals surface area contributed by atoms with Gasteiger partial charge in [0, 0.05) is 28.5 Å². The number of ether oxygens (including phenoxy) is 3. The number of hydrogen-bond donors (Lipinski definition) is 2. The second kappa shape index (κ2) is 9.14. The molecule has 2 N–H and O–H groups in total. The molecule has 0 fully saturated rings. The first kappa shape index (κ1) is 20.4. The number of halogens is 1. The summed E-state index contributed by atoms with van der Waals surface area (Å²) in [6.07, 6.45) is -0.359. The number of anilines is 2. The molecule has 2 rings (SSSR count). The molecule has 27 heavy (non-hydrogen) atoms. The summed E-state index contributed by atoms with van der Waals surface area (Å²) in [5.41, 5.74) is 1.71. The van der Waals surface area contributed by atoms with Gasteiger partial charge < -0.3 is 24.8 Å². The van der Waals surface area contributed by atoms with Gasteiger partial charge >= 0.3 is 0 Å². The van der Waals surface area contributed by atoms with Crippen molar-refractivity contribution in [2.24, 2.45) is 0 Å². The number of nitrogens with one attached hydrogen (secondary N) is 2. The van der Waals surface area contributed by atoms with Crippen molar-refractivity contribution in [2.75, 3.05) is 32.0 Å². The van der Waals surface area contributed by atoms with E-state index in [9.17, 15) is 9.59 Å². The molecule has 0 saturated heterocycles. The Kier molecular flexibility index (Phi) is 6.90. The van der Waals surface area contributed by atoms with Gasteiger partial charge in [-0.15, -0.1) is 0 Å². The van der Waals surface area contributed by atoms with Gasteiger partial charge in [-0.2, -0.15) is 0 Å². The molecule has 0 aliphatic heterocycles. The van der Waals surface area contributed by atoms with E-state index in [-0.39, 0.29) is 6.42 Å². The average Bonchev–Trinajstić information content (AvgIpc) is 2.64. The van der Waals surface area contributed by atoms with E-state index in [4.69, 9.17) is 25.8 Å². The summed E-state index contributed by atoms with van der Waals surface area (Å²) in [4.78, 5) is 24.3. The van der Waals surface area contributed by atoms with Gasteiger partial charge in [-0.1, -0.05) is 17.7 Å². The van der Waals surface area contributed by atoms with Crippen molar-refractivity contribution in [3.05, 3.63) is 40.9 Å². The summed E-state index contributed by atoms with van der Waals surface area (Å²) >= 11 is 6.03.